The minimum absolute atomic E-state index is 0.140. The van der Waals surface area contributed by atoms with Crippen molar-refractivity contribution in [3.05, 3.63) is 23.3 Å². The number of rotatable bonds is 4. The Kier molecular flexibility index (Phi) is 4.74. The molecular weight excluding hydrogens is 314 g/mol. The monoisotopic (exact) mass is 335 g/mol. The van der Waals surface area contributed by atoms with Gasteiger partial charge in [0.15, 0.2) is 0 Å². The molecule has 0 aliphatic heterocycles. The van der Waals surface area contributed by atoms with E-state index in [0.29, 0.717) is 11.1 Å². The van der Waals surface area contributed by atoms with E-state index in [1.165, 1.54) is 12.1 Å². The maximum absolute atomic E-state index is 12.0. The number of nitrogens with one attached hydrogen (secondary N) is 2. The third kappa shape index (κ3) is 5.27. The summed E-state index contributed by atoms with van der Waals surface area (Å²) in [6.07, 6.45) is 0. The Morgan fingerprint density at radius 2 is 1.57 bits per heavy atom. The SMILES string of the molecule is Cc1cc(S(N)(=O)=O)cc(NS(=O)(=O)NC(C)(C)C)c1C. The van der Waals surface area contributed by atoms with Gasteiger partial charge in [-0.2, -0.15) is 13.1 Å². The molecule has 0 bridgehead atoms. The van der Waals surface area contributed by atoms with Crippen LogP contribution in [0.1, 0.15) is 31.9 Å². The molecule has 0 amide bonds. The van der Waals surface area contributed by atoms with Crippen molar-refractivity contribution >= 4 is 25.9 Å². The van der Waals surface area contributed by atoms with Gasteiger partial charge in [-0.3, -0.25) is 4.72 Å². The maximum Gasteiger partial charge on any atom is 0.299 e. The number of anilines is 1. The fourth-order valence-corrected chi connectivity index (χ4v) is 3.65. The zero-order valence-corrected chi connectivity index (χ0v) is 14.3. The minimum Gasteiger partial charge on any atom is -0.271 e. The van der Waals surface area contributed by atoms with Gasteiger partial charge in [-0.15, -0.1) is 0 Å². The predicted octanol–water partition coefficient (Wildman–Crippen LogP) is 0.996. The fraction of sp³-hybridized carbons (Fsp3) is 0.500. The summed E-state index contributed by atoms with van der Waals surface area (Å²) in [4.78, 5) is -0.140. The van der Waals surface area contributed by atoms with E-state index in [1.54, 1.807) is 34.6 Å². The molecule has 4 N–H and O–H groups in total. The number of sulfonamides is 1. The molecule has 0 atom stereocenters. The van der Waals surface area contributed by atoms with Crippen molar-refractivity contribution in [2.45, 2.75) is 45.1 Å². The Morgan fingerprint density at radius 1 is 1.05 bits per heavy atom. The number of aryl methyl sites for hydroxylation is 1. The minimum atomic E-state index is -3.91. The molecular formula is C12H21N3O4S2. The lowest BCUT2D eigenvalue weighted by Crippen LogP contribution is -2.43. The van der Waals surface area contributed by atoms with E-state index in [0.717, 1.165) is 0 Å². The average molecular weight is 335 g/mol. The topological polar surface area (TPSA) is 118 Å². The molecule has 0 heterocycles. The molecule has 0 aliphatic rings. The van der Waals surface area contributed by atoms with Crippen LogP contribution in [0, 0.1) is 13.8 Å². The largest absolute Gasteiger partial charge is 0.299 e. The second kappa shape index (κ2) is 5.56. The summed E-state index contributed by atoms with van der Waals surface area (Å²) in [5, 5.41) is 5.09. The first kappa shape index (κ1) is 17.9. The highest BCUT2D eigenvalue weighted by molar-refractivity contribution is 7.90. The van der Waals surface area contributed by atoms with Crippen LogP contribution in [0.3, 0.4) is 0 Å². The molecule has 0 fully saturated rings. The highest BCUT2D eigenvalue weighted by atomic mass is 32.2. The first-order valence-electron chi connectivity index (χ1n) is 6.17. The molecule has 0 saturated carbocycles. The van der Waals surface area contributed by atoms with Crippen LogP contribution in [0.4, 0.5) is 5.69 Å². The summed E-state index contributed by atoms with van der Waals surface area (Å²) in [6.45, 7) is 8.47. The number of nitrogens with two attached hydrogens (primary N) is 1. The predicted molar refractivity (Wildman–Crippen MR) is 82.7 cm³/mol. The van der Waals surface area contributed by atoms with E-state index in [2.05, 4.69) is 9.44 Å². The highest BCUT2D eigenvalue weighted by Crippen LogP contribution is 2.24. The molecule has 120 valence electrons. The van der Waals surface area contributed by atoms with E-state index >= 15 is 0 Å². The van der Waals surface area contributed by atoms with Gasteiger partial charge in [0.1, 0.15) is 0 Å². The van der Waals surface area contributed by atoms with E-state index in [1.807, 2.05) is 0 Å². The van der Waals surface area contributed by atoms with E-state index < -0.39 is 25.8 Å². The van der Waals surface area contributed by atoms with E-state index in [4.69, 9.17) is 5.14 Å². The zero-order valence-electron chi connectivity index (χ0n) is 12.7. The highest BCUT2D eigenvalue weighted by Gasteiger charge is 2.21. The van der Waals surface area contributed by atoms with E-state index in [9.17, 15) is 16.8 Å². The molecule has 0 spiro atoms. The van der Waals surface area contributed by atoms with Crippen molar-refractivity contribution in [2.75, 3.05) is 4.72 Å². The van der Waals surface area contributed by atoms with Gasteiger partial charge < -0.3 is 0 Å². The number of benzene rings is 1. The summed E-state index contributed by atoms with van der Waals surface area (Å²) >= 11 is 0. The van der Waals surface area contributed by atoms with Gasteiger partial charge >= 0.3 is 0 Å². The lowest BCUT2D eigenvalue weighted by Gasteiger charge is -2.22. The summed E-state index contributed by atoms with van der Waals surface area (Å²) < 4.78 is 51.7. The van der Waals surface area contributed by atoms with Gasteiger partial charge in [0.05, 0.1) is 10.6 Å². The Balaban J connectivity index is 3.29. The van der Waals surface area contributed by atoms with Gasteiger partial charge in [0.2, 0.25) is 10.0 Å². The van der Waals surface area contributed by atoms with Crippen LogP contribution in [-0.2, 0) is 20.2 Å². The Bertz CT molecular complexity index is 747. The summed E-state index contributed by atoms with van der Waals surface area (Å²) in [6, 6.07) is 2.61. The molecule has 1 aromatic carbocycles. The van der Waals surface area contributed by atoms with Crippen LogP contribution >= 0.6 is 0 Å². The van der Waals surface area contributed by atoms with Crippen molar-refractivity contribution < 1.29 is 16.8 Å². The van der Waals surface area contributed by atoms with Crippen LogP contribution < -0.4 is 14.6 Å². The summed E-state index contributed by atoms with van der Waals surface area (Å²) in [5.41, 5.74) is 0.763. The molecule has 9 heteroatoms. The van der Waals surface area contributed by atoms with Crippen molar-refractivity contribution in [3.63, 3.8) is 0 Å². The van der Waals surface area contributed by atoms with Crippen LogP contribution in [0.15, 0.2) is 17.0 Å². The molecule has 0 aliphatic carbocycles. The third-order valence-corrected chi connectivity index (χ3v) is 4.92. The van der Waals surface area contributed by atoms with Gasteiger partial charge in [0, 0.05) is 5.54 Å². The Hall–Kier alpha value is -1.16. The van der Waals surface area contributed by atoms with Crippen molar-refractivity contribution in [3.8, 4) is 0 Å². The van der Waals surface area contributed by atoms with Crippen molar-refractivity contribution in [1.82, 2.24) is 4.72 Å². The second-order valence-corrected chi connectivity index (χ2v) is 8.89. The summed E-state index contributed by atoms with van der Waals surface area (Å²) in [7, 11) is -7.74. The Labute approximate surface area is 126 Å². The van der Waals surface area contributed by atoms with Crippen LogP contribution in [0.2, 0.25) is 0 Å². The molecule has 1 aromatic rings. The van der Waals surface area contributed by atoms with Crippen LogP contribution in [-0.4, -0.2) is 22.4 Å². The molecule has 1 rings (SSSR count). The van der Waals surface area contributed by atoms with E-state index in [-0.39, 0.29) is 10.6 Å². The van der Waals surface area contributed by atoms with Crippen molar-refractivity contribution in [1.29, 1.82) is 0 Å². The fourth-order valence-electron chi connectivity index (χ4n) is 1.67. The lowest BCUT2D eigenvalue weighted by molar-refractivity contribution is 0.494. The first-order chi connectivity index (χ1) is 9.21. The normalized spacial score (nSPS) is 13.2. The lowest BCUT2D eigenvalue weighted by atomic mass is 10.1. The van der Waals surface area contributed by atoms with Gasteiger partial charge in [-0.25, -0.2) is 13.6 Å². The zero-order chi connectivity index (χ0) is 16.6. The smallest absolute Gasteiger partial charge is 0.271 e. The molecule has 0 unspecified atom stereocenters. The molecule has 0 radical (unpaired) electrons. The number of primary sulfonamides is 1. The van der Waals surface area contributed by atoms with Gasteiger partial charge in [-0.1, -0.05) is 0 Å². The van der Waals surface area contributed by atoms with Crippen LogP contribution in [0.5, 0.6) is 0 Å². The quantitative estimate of drug-likeness (QED) is 0.760. The molecule has 0 aromatic heterocycles. The summed E-state index contributed by atoms with van der Waals surface area (Å²) in [5.74, 6) is 0. The van der Waals surface area contributed by atoms with Crippen LogP contribution in [0.25, 0.3) is 0 Å². The maximum atomic E-state index is 12.0. The molecule has 7 nitrogen and oxygen atoms in total. The number of hydrogen-bond acceptors (Lipinski definition) is 4. The molecule has 0 saturated heterocycles. The second-order valence-electron chi connectivity index (χ2n) is 5.92. The average Bonchev–Trinajstić information content (AvgIpc) is 2.18. The first-order valence-corrected chi connectivity index (χ1v) is 9.20. The van der Waals surface area contributed by atoms with Gasteiger partial charge in [0.25, 0.3) is 10.2 Å². The van der Waals surface area contributed by atoms with Crippen molar-refractivity contribution in [2.24, 2.45) is 5.14 Å². The Morgan fingerprint density at radius 3 is 2.00 bits per heavy atom. The number of hydrogen-bond donors (Lipinski definition) is 3. The molecule has 21 heavy (non-hydrogen) atoms. The third-order valence-electron chi connectivity index (χ3n) is 2.65. The standard InChI is InChI=1S/C12H21N3O4S2/c1-8-6-10(20(13,16)17)7-11(9(8)2)14-21(18,19)15-12(3,4)5/h6-7,14-15H,1-5H3,(H2,13,16,17). The van der Waals surface area contributed by atoms with Gasteiger partial charge in [-0.05, 0) is 57.9 Å².